The number of carbonyl (C=O) groups is 1. The molecule has 1 saturated heterocycles. The molecule has 0 radical (unpaired) electrons. The lowest BCUT2D eigenvalue weighted by molar-refractivity contribution is -0.140. The zero-order valence-corrected chi connectivity index (χ0v) is 21.8. The molecular formula is C22H35N4O8P. The molecule has 2 aromatic heterocycles. The summed E-state index contributed by atoms with van der Waals surface area (Å²) in [5.41, 5.74) is -0.101. The van der Waals surface area contributed by atoms with Gasteiger partial charge in [0.1, 0.15) is 6.16 Å². The molecule has 1 aliphatic heterocycles. The second-order valence-corrected chi connectivity index (χ2v) is 11.1. The highest BCUT2D eigenvalue weighted by molar-refractivity contribution is 7.54. The van der Waals surface area contributed by atoms with E-state index in [1.54, 1.807) is 25.5 Å². The van der Waals surface area contributed by atoms with Gasteiger partial charge in [0.15, 0.2) is 11.2 Å². The first kappa shape index (κ1) is 27.3. The zero-order valence-electron chi connectivity index (χ0n) is 20.9. The average Bonchev–Trinajstić information content (AvgIpc) is 3.16. The molecule has 3 rings (SSSR count). The van der Waals surface area contributed by atoms with Gasteiger partial charge < -0.3 is 23.1 Å². The Morgan fingerprint density at radius 3 is 2.49 bits per heavy atom. The second-order valence-electron chi connectivity index (χ2n) is 9.00. The van der Waals surface area contributed by atoms with Crippen LogP contribution in [0.3, 0.4) is 0 Å². The smallest absolute Gasteiger partial charge is 0.341 e. The van der Waals surface area contributed by atoms with Gasteiger partial charge in [-0.25, -0.2) is 9.78 Å². The number of carbonyl (C=O) groups excluding carboxylic acids is 1. The zero-order chi connectivity index (χ0) is 25.6. The summed E-state index contributed by atoms with van der Waals surface area (Å²) in [6, 6.07) is 0. The van der Waals surface area contributed by atoms with Gasteiger partial charge in [0.2, 0.25) is 0 Å². The van der Waals surface area contributed by atoms with Crippen LogP contribution in [0.2, 0.25) is 0 Å². The summed E-state index contributed by atoms with van der Waals surface area (Å²) in [5.74, 6) is -0.662. The van der Waals surface area contributed by atoms with Crippen molar-refractivity contribution in [1.29, 1.82) is 0 Å². The fraction of sp³-hybridized carbons (Fsp3) is 0.727. The summed E-state index contributed by atoms with van der Waals surface area (Å²) in [6.07, 6.45) is 2.83. The molecule has 0 N–H and O–H groups in total. The van der Waals surface area contributed by atoms with Crippen LogP contribution >= 0.6 is 7.60 Å². The summed E-state index contributed by atoms with van der Waals surface area (Å²) in [6.45, 7) is 7.55. The maximum absolute atomic E-state index is 13.2. The maximum Gasteiger partial charge on any atom is 0.341 e. The summed E-state index contributed by atoms with van der Waals surface area (Å²) in [7, 11) is -1.97. The van der Waals surface area contributed by atoms with Crippen molar-refractivity contribution in [2.24, 2.45) is 12.5 Å². The molecule has 35 heavy (non-hydrogen) atoms. The average molecular weight is 515 g/mol. The standard InChI is InChI=1S/C22H35N4O8P/c1-5-32-17(27)13-35(30,33-6-2)34-12-8-11-25-19-18(24(4)16-23-19)20(28)26(21(25)29)10-7-9-22(3)14-31-15-22/h16H,5-15H2,1-4H3. The van der Waals surface area contributed by atoms with E-state index in [1.807, 2.05) is 0 Å². The van der Waals surface area contributed by atoms with Gasteiger partial charge in [-0.1, -0.05) is 6.92 Å². The van der Waals surface area contributed by atoms with Crippen LogP contribution in [0.1, 0.15) is 40.0 Å². The molecule has 0 spiro atoms. The summed E-state index contributed by atoms with van der Waals surface area (Å²) in [4.78, 5) is 42.3. The normalized spacial score (nSPS) is 16.7. The number of aromatic nitrogens is 4. The predicted octanol–water partition coefficient (Wildman–Crippen LogP) is 1.91. The minimum atomic E-state index is -3.68. The van der Waals surface area contributed by atoms with E-state index in [0.29, 0.717) is 38.1 Å². The van der Waals surface area contributed by atoms with E-state index >= 15 is 0 Å². The maximum atomic E-state index is 13.2. The molecule has 0 saturated carbocycles. The Kier molecular flexibility index (Phi) is 9.09. The molecule has 3 heterocycles. The number of imidazole rings is 1. The van der Waals surface area contributed by atoms with Crippen molar-refractivity contribution in [1.82, 2.24) is 18.7 Å². The van der Waals surface area contributed by atoms with Crippen molar-refractivity contribution < 1.29 is 27.9 Å². The molecular weight excluding hydrogens is 479 g/mol. The van der Waals surface area contributed by atoms with E-state index in [4.69, 9.17) is 18.5 Å². The highest BCUT2D eigenvalue weighted by atomic mass is 31.2. The van der Waals surface area contributed by atoms with Crippen molar-refractivity contribution in [2.75, 3.05) is 39.2 Å². The second kappa shape index (κ2) is 11.6. The highest BCUT2D eigenvalue weighted by Crippen LogP contribution is 2.48. The summed E-state index contributed by atoms with van der Waals surface area (Å²) >= 11 is 0. The van der Waals surface area contributed by atoms with Crippen LogP contribution in [-0.4, -0.2) is 63.9 Å². The number of rotatable bonds is 14. The summed E-state index contributed by atoms with van der Waals surface area (Å²) < 4.78 is 37.9. The molecule has 0 bridgehead atoms. The lowest BCUT2D eigenvalue weighted by atomic mass is 9.84. The van der Waals surface area contributed by atoms with Gasteiger partial charge in [-0.05, 0) is 33.1 Å². The van der Waals surface area contributed by atoms with Crippen LogP contribution in [0.5, 0.6) is 0 Å². The fourth-order valence-electron chi connectivity index (χ4n) is 4.09. The number of hydrogen-bond donors (Lipinski definition) is 0. The van der Waals surface area contributed by atoms with Crippen molar-refractivity contribution >= 4 is 24.7 Å². The van der Waals surface area contributed by atoms with Crippen molar-refractivity contribution in [3.8, 4) is 0 Å². The van der Waals surface area contributed by atoms with E-state index in [2.05, 4.69) is 11.9 Å². The Balaban J connectivity index is 1.73. The third-order valence-electron chi connectivity index (χ3n) is 5.91. The SMILES string of the molecule is CCOC(=O)CP(=O)(OCC)OCCCn1c(=O)n(CCCC2(C)COC2)c(=O)c2c1ncn2C. The lowest BCUT2D eigenvalue weighted by Gasteiger charge is -2.38. The van der Waals surface area contributed by atoms with Gasteiger partial charge in [-0.3, -0.25) is 23.3 Å². The number of aryl methyl sites for hydroxylation is 2. The highest BCUT2D eigenvalue weighted by Gasteiger charge is 2.32. The molecule has 1 atom stereocenters. The van der Waals surface area contributed by atoms with Gasteiger partial charge in [0.05, 0.1) is 39.4 Å². The Morgan fingerprint density at radius 1 is 1.14 bits per heavy atom. The molecule has 12 nitrogen and oxygen atoms in total. The van der Waals surface area contributed by atoms with Crippen LogP contribution in [0, 0.1) is 5.41 Å². The molecule has 1 aliphatic rings. The van der Waals surface area contributed by atoms with E-state index in [-0.39, 0.29) is 43.0 Å². The van der Waals surface area contributed by atoms with Crippen molar-refractivity contribution in [2.45, 2.75) is 53.1 Å². The van der Waals surface area contributed by atoms with Gasteiger partial charge >= 0.3 is 19.3 Å². The third-order valence-corrected chi connectivity index (χ3v) is 7.79. The molecule has 0 aliphatic carbocycles. The Bertz CT molecular complexity index is 1200. The summed E-state index contributed by atoms with van der Waals surface area (Å²) in [5, 5.41) is 0. The quantitative estimate of drug-likeness (QED) is 0.211. The monoisotopic (exact) mass is 514 g/mol. The minimum Gasteiger partial charge on any atom is -0.466 e. The number of hydrogen-bond acceptors (Lipinski definition) is 9. The Labute approximate surface area is 203 Å². The van der Waals surface area contributed by atoms with Crippen LogP contribution in [0.4, 0.5) is 0 Å². The van der Waals surface area contributed by atoms with Crippen LogP contribution in [-0.2, 0) is 48.0 Å². The molecule has 13 heteroatoms. The molecule has 0 amide bonds. The van der Waals surface area contributed by atoms with E-state index in [1.165, 1.54) is 15.5 Å². The van der Waals surface area contributed by atoms with Crippen LogP contribution in [0.25, 0.3) is 11.2 Å². The number of fused-ring (bicyclic) bond motifs is 1. The van der Waals surface area contributed by atoms with Gasteiger partial charge in [-0.15, -0.1) is 0 Å². The van der Waals surface area contributed by atoms with Crippen molar-refractivity contribution in [3.63, 3.8) is 0 Å². The molecule has 2 aromatic rings. The number of esters is 1. The first-order chi connectivity index (χ1) is 16.6. The van der Waals surface area contributed by atoms with Crippen LogP contribution in [0.15, 0.2) is 15.9 Å². The lowest BCUT2D eigenvalue weighted by Crippen LogP contribution is -2.42. The fourth-order valence-corrected chi connectivity index (χ4v) is 5.55. The number of ether oxygens (including phenoxy) is 2. The molecule has 1 fully saturated rings. The largest absolute Gasteiger partial charge is 0.466 e. The van der Waals surface area contributed by atoms with Crippen LogP contribution < -0.4 is 11.2 Å². The first-order valence-corrected chi connectivity index (χ1v) is 13.6. The molecule has 0 aromatic carbocycles. The predicted molar refractivity (Wildman–Crippen MR) is 129 cm³/mol. The van der Waals surface area contributed by atoms with Gasteiger partial charge in [0, 0.05) is 25.6 Å². The minimum absolute atomic E-state index is 0.0189. The van der Waals surface area contributed by atoms with Gasteiger partial charge in [-0.2, -0.15) is 0 Å². The van der Waals surface area contributed by atoms with E-state index in [9.17, 15) is 18.9 Å². The van der Waals surface area contributed by atoms with E-state index < -0.39 is 25.4 Å². The molecule has 196 valence electrons. The van der Waals surface area contributed by atoms with Gasteiger partial charge in [0.25, 0.3) is 5.56 Å². The van der Waals surface area contributed by atoms with E-state index in [0.717, 1.165) is 6.42 Å². The third kappa shape index (κ3) is 6.49. The Morgan fingerprint density at radius 2 is 1.86 bits per heavy atom. The first-order valence-electron chi connectivity index (χ1n) is 11.9. The Hall–Kier alpha value is -2.27. The number of nitrogens with zero attached hydrogens (tertiary/aromatic N) is 4. The van der Waals surface area contributed by atoms with Crippen molar-refractivity contribution in [3.05, 3.63) is 27.2 Å². The molecule has 1 unspecified atom stereocenters. The topological polar surface area (TPSA) is 133 Å².